The van der Waals surface area contributed by atoms with E-state index in [1.165, 1.54) is 7.05 Å². The highest BCUT2D eigenvalue weighted by atomic mass is 19.4. The minimum atomic E-state index is -4.58. The fraction of sp³-hybridized carbons (Fsp3) is 0.538. The zero-order valence-corrected chi connectivity index (χ0v) is 11.3. The van der Waals surface area contributed by atoms with E-state index >= 15 is 0 Å². The van der Waals surface area contributed by atoms with Crippen molar-refractivity contribution < 1.29 is 13.2 Å². The second kappa shape index (κ2) is 5.25. The third kappa shape index (κ3) is 2.67. The molecule has 0 radical (unpaired) electrons. The second-order valence-corrected chi connectivity index (χ2v) is 4.68. The second-order valence-electron chi connectivity index (χ2n) is 4.68. The van der Waals surface area contributed by atoms with Crippen molar-refractivity contribution in [3.05, 3.63) is 33.0 Å². The lowest BCUT2D eigenvalue weighted by Gasteiger charge is -2.14. The summed E-state index contributed by atoms with van der Waals surface area (Å²) in [7, 11) is 1.26. The van der Waals surface area contributed by atoms with Gasteiger partial charge in [-0.05, 0) is 25.8 Å². The van der Waals surface area contributed by atoms with E-state index in [1.54, 1.807) is 0 Å². The number of H-pyrrole nitrogens is 1. The van der Waals surface area contributed by atoms with Gasteiger partial charge in [0.15, 0.2) is 0 Å². The molecule has 1 aliphatic heterocycles. The summed E-state index contributed by atoms with van der Waals surface area (Å²) in [4.78, 5) is 13.8. The van der Waals surface area contributed by atoms with Crippen LogP contribution in [0.15, 0.2) is 16.2 Å². The van der Waals surface area contributed by atoms with E-state index in [4.69, 9.17) is 0 Å². The van der Waals surface area contributed by atoms with Gasteiger partial charge in [0.25, 0.3) is 5.56 Å². The minimum Gasteiger partial charge on any atom is -0.369 e. The molecule has 1 N–H and O–H groups in total. The number of nitrogens with zero attached hydrogens (tertiary/aromatic N) is 2. The number of aryl methyl sites for hydroxylation is 1. The first kappa shape index (κ1) is 14.5. The van der Waals surface area contributed by atoms with Crippen molar-refractivity contribution in [2.75, 3.05) is 13.1 Å². The standard InChI is InChI=1S/C13H16F3N3O/c1-3-19-8-4-5-9(19)6-7-10-11(13(14,15)16)17-18(2)12(10)20/h7,17H,3-5,8H2,1-2H3. The van der Waals surface area contributed by atoms with E-state index < -0.39 is 23.0 Å². The summed E-state index contributed by atoms with van der Waals surface area (Å²) in [5, 5.41) is 2.04. The van der Waals surface area contributed by atoms with E-state index in [2.05, 4.69) is 5.73 Å². The van der Waals surface area contributed by atoms with Crippen LogP contribution in [0.5, 0.6) is 0 Å². The maximum absolute atomic E-state index is 12.8. The molecule has 0 amide bonds. The normalized spacial score (nSPS) is 15.7. The highest BCUT2D eigenvalue weighted by Crippen LogP contribution is 2.29. The van der Waals surface area contributed by atoms with Crippen LogP contribution in [0.1, 0.15) is 31.0 Å². The molecule has 0 spiro atoms. The molecular weight excluding hydrogens is 271 g/mol. The summed E-state index contributed by atoms with van der Waals surface area (Å²) in [6.07, 6.45) is -1.71. The minimum absolute atomic E-state index is 0.393. The average Bonchev–Trinajstić information content (AvgIpc) is 2.93. The third-order valence-electron chi connectivity index (χ3n) is 3.36. The van der Waals surface area contributed by atoms with Gasteiger partial charge in [-0.2, -0.15) is 13.2 Å². The van der Waals surface area contributed by atoms with Crippen LogP contribution in [0.4, 0.5) is 13.2 Å². The van der Waals surface area contributed by atoms with Gasteiger partial charge in [0.2, 0.25) is 0 Å². The predicted octanol–water partition coefficient (Wildman–Crippen LogP) is 2.34. The molecule has 20 heavy (non-hydrogen) atoms. The van der Waals surface area contributed by atoms with Crippen molar-refractivity contribution >= 4 is 6.08 Å². The van der Waals surface area contributed by atoms with Crippen molar-refractivity contribution in [1.29, 1.82) is 0 Å². The van der Waals surface area contributed by atoms with Gasteiger partial charge in [0.05, 0.1) is 11.3 Å². The Bertz CT molecular complexity index is 618. The van der Waals surface area contributed by atoms with Crippen LogP contribution < -0.4 is 5.56 Å². The number of rotatable bonds is 2. The Hall–Kier alpha value is -1.88. The molecule has 7 heteroatoms. The zero-order valence-electron chi connectivity index (χ0n) is 11.3. The number of hydrogen-bond donors (Lipinski definition) is 1. The van der Waals surface area contributed by atoms with Crippen LogP contribution in [-0.2, 0) is 13.2 Å². The van der Waals surface area contributed by atoms with Crippen molar-refractivity contribution in [3.63, 3.8) is 0 Å². The highest BCUT2D eigenvalue weighted by molar-refractivity contribution is 5.51. The smallest absolute Gasteiger partial charge is 0.369 e. The molecule has 0 bridgehead atoms. The molecule has 110 valence electrons. The fourth-order valence-corrected chi connectivity index (χ4v) is 2.31. The first-order valence-corrected chi connectivity index (χ1v) is 6.41. The van der Waals surface area contributed by atoms with Crippen molar-refractivity contribution in [2.24, 2.45) is 7.05 Å². The molecule has 0 aromatic carbocycles. The molecule has 0 aliphatic carbocycles. The number of hydrogen-bond acceptors (Lipinski definition) is 2. The Labute approximate surface area is 114 Å². The quantitative estimate of drug-likeness (QED) is 0.848. The lowest BCUT2D eigenvalue weighted by atomic mass is 10.2. The summed E-state index contributed by atoms with van der Waals surface area (Å²) >= 11 is 0. The van der Waals surface area contributed by atoms with E-state index in [1.807, 2.05) is 16.9 Å². The molecule has 1 saturated heterocycles. The number of allylic oxidation sites excluding steroid dienone is 1. The molecule has 2 heterocycles. The first-order chi connectivity index (χ1) is 9.34. The van der Waals surface area contributed by atoms with E-state index in [9.17, 15) is 18.0 Å². The molecule has 0 unspecified atom stereocenters. The van der Waals surface area contributed by atoms with Crippen LogP contribution in [0.25, 0.3) is 6.08 Å². The van der Waals surface area contributed by atoms with E-state index in [0.29, 0.717) is 0 Å². The van der Waals surface area contributed by atoms with Crippen LogP contribution >= 0.6 is 0 Å². The summed E-state index contributed by atoms with van der Waals surface area (Å²) in [6.45, 7) is 3.64. The monoisotopic (exact) mass is 287 g/mol. The van der Waals surface area contributed by atoms with Gasteiger partial charge in [-0.3, -0.25) is 14.6 Å². The number of nitrogens with one attached hydrogen (secondary N) is 1. The Morgan fingerprint density at radius 2 is 2.15 bits per heavy atom. The van der Waals surface area contributed by atoms with E-state index in [-0.39, 0.29) is 0 Å². The Morgan fingerprint density at radius 1 is 1.45 bits per heavy atom. The van der Waals surface area contributed by atoms with E-state index in [0.717, 1.165) is 42.4 Å². The fourth-order valence-electron chi connectivity index (χ4n) is 2.31. The van der Waals surface area contributed by atoms with Crippen LogP contribution in [0.3, 0.4) is 0 Å². The van der Waals surface area contributed by atoms with Gasteiger partial charge in [-0.15, -0.1) is 0 Å². The average molecular weight is 287 g/mol. The number of likely N-dealkylation sites (tertiary alicyclic amines) is 1. The molecule has 0 saturated carbocycles. The van der Waals surface area contributed by atoms with Gasteiger partial charge in [0.1, 0.15) is 5.69 Å². The first-order valence-electron chi connectivity index (χ1n) is 6.41. The van der Waals surface area contributed by atoms with Gasteiger partial charge in [0, 0.05) is 20.1 Å². The number of halogens is 3. The molecule has 1 fully saturated rings. The highest BCUT2D eigenvalue weighted by Gasteiger charge is 2.36. The largest absolute Gasteiger partial charge is 0.433 e. The number of aromatic amines is 1. The predicted molar refractivity (Wildman–Crippen MR) is 69.0 cm³/mol. The van der Waals surface area contributed by atoms with Crippen molar-refractivity contribution in [3.8, 4) is 0 Å². The van der Waals surface area contributed by atoms with Crippen LogP contribution in [-0.4, -0.2) is 27.8 Å². The Balaban J connectivity index is 2.49. The zero-order chi connectivity index (χ0) is 14.9. The van der Waals surface area contributed by atoms with Crippen molar-refractivity contribution in [1.82, 2.24) is 14.7 Å². The Morgan fingerprint density at radius 3 is 2.75 bits per heavy atom. The van der Waals surface area contributed by atoms with Gasteiger partial charge >= 0.3 is 6.18 Å². The molecule has 2 rings (SSSR count). The molecule has 1 aromatic heterocycles. The molecule has 1 aliphatic rings. The molecule has 1 aromatic rings. The maximum Gasteiger partial charge on any atom is 0.433 e. The Kier molecular flexibility index (Phi) is 3.81. The molecule has 4 nitrogen and oxygen atoms in total. The third-order valence-corrected chi connectivity index (χ3v) is 3.36. The lowest BCUT2D eigenvalue weighted by Crippen LogP contribution is -2.16. The van der Waals surface area contributed by atoms with Crippen LogP contribution in [0.2, 0.25) is 0 Å². The summed E-state index contributed by atoms with van der Waals surface area (Å²) in [6, 6.07) is 0. The number of aromatic nitrogens is 2. The summed E-state index contributed by atoms with van der Waals surface area (Å²) < 4.78 is 39.3. The molecule has 0 atom stereocenters. The molecular formula is C13H16F3N3O. The number of alkyl halides is 3. The SMILES string of the molecule is CCN1CCCC1=C=Cc1c(C(F)(F)F)[nH]n(C)c1=O. The van der Waals surface area contributed by atoms with Gasteiger partial charge in [-0.25, -0.2) is 0 Å². The van der Waals surface area contributed by atoms with Crippen molar-refractivity contribution in [2.45, 2.75) is 25.9 Å². The lowest BCUT2D eigenvalue weighted by molar-refractivity contribution is -0.141. The topological polar surface area (TPSA) is 41.0 Å². The summed E-state index contributed by atoms with van der Waals surface area (Å²) in [5.74, 6) is 0. The summed E-state index contributed by atoms with van der Waals surface area (Å²) in [5.41, 5.74) is 1.58. The maximum atomic E-state index is 12.8. The van der Waals surface area contributed by atoms with Crippen LogP contribution in [0, 0.1) is 0 Å². The van der Waals surface area contributed by atoms with Gasteiger partial charge < -0.3 is 4.90 Å². The van der Waals surface area contributed by atoms with Gasteiger partial charge in [-0.1, -0.05) is 5.73 Å².